The second-order valence-corrected chi connectivity index (χ2v) is 8.69. The van der Waals surface area contributed by atoms with Crippen LogP contribution < -0.4 is 5.32 Å². The number of nitrogens with one attached hydrogen (secondary N) is 1. The summed E-state index contributed by atoms with van der Waals surface area (Å²) in [5.74, 6) is -0.0192. The van der Waals surface area contributed by atoms with E-state index in [-0.39, 0.29) is 12.0 Å². The lowest BCUT2D eigenvalue weighted by Crippen LogP contribution is -2.35. The van der Waals surface area contributed by atoms with Gasteiger partial charge in [0.15, 0.2) is 0 Å². The highest BCUT2D eigenvalue weighted by molar-refractivity contribution is 5.94. The lowest BCUT2D eigenvalue weighted by molar-refractivity contribution is 0.0792. The zero-order chi connectivity index (χ0) is 20.8. The monoisotopic (exact) mass is 407 g/mol. The molecular weight excluding hydrogens is 374 g/mol. The number of rotatable bonds is 7. The predicted octanol–water partition coefficient (Wildman–Crippen LogP) is 3.17. The Morgan fingerprint density at radius 2 is 1.50 bits per heavy atom. The van der Waals surface area contributed by atoms with Crippen molar-refractivity contribution in [3.05, 3.63) is 70.8 Å². The fourth-order valence-corrected chi connectivity index (χ4v) is 4.39. The highest BCUT2D eigenvalue weighted by Gasteiger charge is 2.17. The predicted molar refractivity (Wildman–Crippen MR) is 119 cm³/mol. The van der Waals surface area contributed by atoms with Crippen molar-refractivity contribution in [3.8, 4) is 0 Å². The van der Waals surface area contributed by atoms with Crippen LogP contribution in [0.1, 0.15) is 52.7 Å². The highest BCUT2D eigenvalue weighted by Crippen LogP contribution is 2.16. The summed E-state index contributed by atoms with van der Waals surface area (Å²) >= 11 is 0. The topological polar surface area (TPSA) is 55.8 Å². The van der Waals surface area contributed by atoms with Crippen LogP contribution in [0.4, 0.5) is 0 Å². The molecule has 30 heavy (non-hydrogen) atoms. The van der Waals surface area contributed by atoms with Crippen LogP contribution in [0.15, 0.2) is 48.5 Å². The molecule has 0 aromatic heterocycles. The lowest BCUT2D eigenvalue weighted by Gasteiger charge is -2.29. The molecule has 5 nitrogen and oxygen atoms in total. The first-order valence-corrected chi connectivity index (χ1v) is 11.2. The molecule has 0 radical (unpaired) electrons. The first-order valence-electron chi connectivity index (χ1n) is 11.2. The molecule has 5 heteroatoms. The Hall–Kier alpha value is -2.21. The normalized spacial score (nSPS) is 18.6. The average molecular weight is 408 g/mol. The van der Waals surface area contributed by atoms with Crippen LogP contribution in [-0.4, -0.2) is 53.1 Å². The number of amides is 1. The third-order valence-electron chi connectivity index (χ3n) is 6.23. The molecular formula is C25H33N3O2. The standard InChI is InChI=1S/C25H33N3O2/c29-24-10-14-28(15-11-24)18-21-8-6-20(7-9-21)17-26-25(30)23-5-3-4-22(16-23)19-27-12-1-2-13-27/h3-9,16,24,29H,1-2,10-15,17-19H2,(H,26,30). The Kier molecular flexibility index (Phi) is 7.16. The van der Waals surface area contributed by atoms with E-state index in [4.69, 9.17) is 0 Å². The van der Waals surface area contributed by atoms with E-state index in [0.717, 1.165) is 63.2 Å². The zero-order valence-electron chi connectivity index (χ0n) is 17.7. The van der Waals surface area contributed by atoms with E-state index in [9.17, 15) is 9.90 Å². The van der Waals surface area contributed by atoms with Gasteiger partial charge in [-0.25, -0.2) is 0 Å². The molecule has 2 aliphatic heterocycles. The molecule has 2 fully saturated rings. The summed E-state index contributed by atoms with van der Waals surface area (Å²) in [5.41, 5.74) is 4.32. The first-order chi connectivity index (χ1) is 14.7. The van der Waals surface area contributed by atoms with E-state index in [1.807, 2.05) is 18.2 Å². The van der Waals surface area contributed by atoms with Crippen LogP contribution in [0.5, 0.6) is 0 Å². The maximum atomic E-state index is 12.6. The van der Waals surface area contributed by atoms with Gasteiger partial charge in [0.1, 0.15) is 0 Å². The molecule has 2 aromatic rings. The molecule has 0 spiro atoms. The van der Waals surface area contributed by atoms with Crippen molar-refractivity contribution in [2.75, 3.05) is 26.2 Å². The van der Waals surface area contributed by atoms with Gasteiger partial charge >= 0.3 is 0 Å². The van der Waals surface area contributed by atoms with Crippen LogP contribution in [0, 0.1) is 0 Å². The molecule has 160 valence electrons. The minimum Gasteiger partial charge on any atom is -0.393 e. The summed E-state index contributed by atoms with van der Waals surface area (Å²) in [6, 6.07) is 16.5. The Balaban J connectivity index is 1.26. The van der Waals surface area contributed by atoms with Gasteiger partial charge < -0.3 is 10.4 Å². The zero-order valence-corrected chi connectivity index (χ0v) is 17.7. The average Bonchev–Trinajstić information content (AvgIpc) is 3.28. The number of likely N-dealkylation sites (tertiary alicyclic amines) is 2. The van der Waals surface area contributed by atoms with E-state index >= 15 is 0 Å². The first kappa shape index (κ1) is 21.0. The smallest absolute Gasteiger partial charge is 0.251 e. The summed E-state index contributed by atoms with van der Waals surface area (Å²) in [5, 5.41) is 12.7. The van der Waals surface area contributed by atoms with Crippen LogP contribution in [-0.2, 0) is 19.6 Å². The van der Waals surface area contributed by atoms with Crippen molar-refractivity contribution in [1.82, 2.24) is 15.1 Å². The van der Waals surface area contributed by atoms with Crippen molar-refractivity contribution in [2.24, 2.45) is 0 Å². The summed E-state index contributed by atoms with van der Waals surface area (Å²) in [6.45, 7) is 6.61. The number of aliphatic hydroxyl groups excluding tert-OH is 1. The van der Waals surface area contributed by atoms with E-state index in [2.05, 4.69) is 45.4 Å². The fourth-order valence-electron chi connectivity index (χ4n) is 4.39. The van der Waals surface area contributed by atoms with Gasteiger partial charge in [0.05, 0.1) is 6.10 Å². The number of benzene rings is 2. The summed E-state index contributed by atoms with van der Waals surface area (Å²) in [6.07, 6.45) is 4.15. The maximum Gasteiger partial charge on any atom is 0.251 e. The van der Waals surface area contributed by atoms with Gasteiger partial charge in [-0.05, 0) is 67.6 Å². The SMILES string of the molecule is O=C(NCc1ccc(CN2CCC(O)CC2)cc1)c1cccc(CN2CCCC2)c1. The van der Waals surface area contributed by atoms with Gasteiger partial charge in [-0.1, -0.05) is 36.4 Å². The van der Waals surface area contributed by atoms with Gasteiger partial charge in [0, 0.05) is 38.3 Å². The molecule has 0 atom stereocenters. The van der Waals surface area contributed by atoms with Crippen LogP contribution in [0.25, 0.3) is 0 Å². The number of hydrogen-bond acceptors (Lipinski definition) is 4. The van der Waals surface area contributed by atoms with E-state index < -0.39 is 0 Å². The highest BCUT2D eigenvalue weighted by atomic mass is 16.3. The molecule has 2 heterocycles. The van der Waals surface area contributed by atoms with Gasteiger partial charge in [-0.2, -0.15) is 0 Å². The van der Waals surface area contributed by atoms with E-state index in [0.29, 0.717) is 6.54 Å². The van der Waals surface area contributed by atoms with Crippen molar-refractivity contribution in [2.45, 2.75) is 51.4 Å². The third kappa shape index (κ3) is 5.91. The Morgan fingerprint density at radius 3 is 2.23 bits per heavy atom. The lowest BCUT2D eigenvalue weighted by atomic mass is 10.1. The molecule has 0 aliphatic carbocycles. The molecule has 0 saturated carbocycles. The van der Waals surface area contributed by atoms with Crippen molar-refractivity contribution in [1.29, 1.82) is 0 Å². The number of hydrogen-bond donors (Lipinski definition) is 2. The second-order valence-electron chi connectivity index (χ2n) is 8.69. The molecule has 2 aliphatic rings. The van der Waals surface area contributed by atoms with Crippen molar-refractivity contribution < 1.29 is 9.90 Å². The fraction of sp³-hybridized carbons (Fsp3) is 0.480. The molecule has 2 N–H and O–H groups in total. The molecule has 0 bridgehead atoms. The van der Waals surface area contributed by atoms with Crippen LogP contribution in [0.2, 0.25) is 0 Å². The Labute approximate surface area is 179 Å². The number of carbonyl (C=O) groups is 1. The number of carbonyl (C=O) groups excluding carboxylic acids is 1. The summed E-state index contributed by atoms with van der Waals surface area (Å²) in [4.78, 5) is 17.4. The molecule has 2 saturated heterocycles. The quantitative estimate of drug-likeness (QED) is 0.740. The van der Waals surface area contributed by atoms with E-state index in [1.54, 1.807) is 0 Å². The van der Waals surface area contributed by atoms with Crippen molar-refractivity contribution in [3.63, 3.8) is 0 Å². The van der Waals surface area contributed by atoms with Crippen LogP contribution >= 0.6 is 0 Å². The summed E-state index contributed by atoms with van der Waals surface area (Å²) < 4.78 is 0. The Bertz CT molecular complexity index is 823. The summed E-state index contributed by atoms with van der Waals surface area (Å²) in [7, 11) is 0. The van der Waals surface area contributed by atoms with Gasteiger partial charge in [0.25, 0.3) is 5.91 Å². The van der Waals surface area contributed by atoms with E-state index in [1.165, 1.54) is 24.0 Å². The van der Waals surface area contributed by atoms with Crippen molar-refractivity contribution >= 4 is 5.91 Å². The second kappa shape index (κ2) is 10.2. The van der Waals surface area contributed by atoms with Gasteiger partial charge in [0.2, 0.25) is 0 Å². The maximum absolute atomic E-state index is 12.6. The molecule has 4 rings (SSSR count). The number of nitrogens with zero attached hydrogens (tertiary/aromatic N) is 2. The number of piperidine rings is 1. The largest absolute Gasteiger partial charge is 0.393 e. The van der Waals surface area contributed by atoms with Crippen LogP contribution in [0.3, 0.4) is 0 Å². The third-order valence-corrected chi connectivity index (χ3v) is 6.23. The minimum absolute atomic E-state index is 0.0192. The molecule has 2 aromatic carbocycles. The minimum atomic E-state index is -0.131. The molecule has 0 unspecified atom stereocenters. The molecule has 1 amide bonds. The van der Waals surface area contributed by atoms with Gasteiger partial charge in [-0.3, -0.25) is 14.6 Å². The number of aliphatic hydroxyl groups is 1. The Morgan fingerprint density at radius 1 is 0.867 bits per heavy atom. The van der Waals surface area contributed by atoms with Gasteiger partial charge in [-0.15, -0.1) is 0 Å².